The molecule has 3 N–H and O–H groups in total. The molecule has 0 aliphatic carbocycles. The third-order valence-electron chi connectivity index (χ3n) is 1.41. The van der Waals surface area contributed by atoms with Crippen molar-refractivity contribution in [1.82, 2.24) is 9.78 Å². The van der Waals surface area contributed by atoms with Crippen molar-refractivity contribution in [3.63, 3.8) is 0 Å². The van der Waals surface area contributed by atoms with Gasteiger partial charge in [-0.25, -0.2) is 4.68 Å². The Hall–Kier alpha value is -1.19. The molecule has 1 heterocycles. The molecule has 4 heteroatoms. The maximum atomic E-state index is 11.1. The Bertz CT molecular complexity index is 302. The van der Waals surface area contributed by atoms with Crippen molar-refractivity contribution in [3.05, 3.63) is 16.4 Å². The molecule has 11 heavy (non-hydrogen) atoms. The number of aromatic amines is 1. The first-order chi connectivity index (χ1) is 4.91. The SMILES string of the molecule is CC(C)(C)n1[nH]c(N)cc1=O. The summed E-state index contributed by atoms with van der Waals surface area (Å²) < 4.78 is 1.50. The summed E-state index contributed by atoms with van der Waals surface area (Å²) in [6.45, 7) is 5.80. The normalized spacial score (nSPS) is 11.9. The first kappa shape index (κ1) is 7.91. The third-order valence-corrected chi connectivity index (χ3v) is 1.41. The van der Waals surface area contributed by atoms with E-state index in [1.54, 1.807) is 0 Å². The lowest BCUT2D eigenvalue weighted by molar-refractivity contribution is 0.346. The minimum atomic E-state index is -0.227. The molecule has 0 spiro atoms. The fraction of sp³-hybridized carbons (Fsp3) is 0.571. The molecule has 0 amide bonds. The van der Waals surface area contributed by atoms with Crippen LogP contribution in [0.25, 0.3) is 0 Å². The van der Waals surface area contributed by atoms with E-state index in [0.717, 1.165) is 0 Å². The summed E-state index contributed by atoms with van der Waals surface area (Å²) in [5, 5.41) is 2.77. The highest BCUT2D eigenvalue weighted by Gasteiger charge is 2.15. The first-order valence-electron chi connectivity index (χ1n) is 3.49. The molecule has 0 saturated heterocycles. The minimum absolute atomic E-state index is 0.0880. The summed E-state index contributed by atoms with van der Waals surface area (Å²) in [5.41, 5.74) is 5.08. The Balaban J connectivity index is 3.25. The second-order valence-corrected chi connectivity index (χ2v) is 3.56. The van der Waals surface area contributed by atoms with Gasteiger partial charge in [0.1, 0.15) is 5.82 Å². The predicted octanol–water partition coefficient (Wildman–Crippen LogP) is 0.514. The zero-order valence-corrected chi connectivity index (χ0v) is 7.01. The highest BCUT2D eigenvalue weighted by atomic mass is 16.1. The second kappa shape index (κ2) is 2.15. The van der Waals surface area contributed by atoms with Crippen LogP contribution in [-0.2, 0) is 5.54 Å². The average Bonchev–Trinajstić information content (AvgIpc) is 2.08. The Morgan fingerprint density at radius 2 is 2.09 bits per heavy atom. The summed E-state index contributed by atoms with van der Waals surface area (Å²) in [5.74, 6) is 0.407. The van der Waals surface area contributed by atoms with E-state index in [1.807, 2.05) is 20.8 Å². The molecule has 1 rings (SSSR count). The topological polar surface area (TPSA) is 63.8 Å². The predicted molar refractivity (Wildman–Crippen MR) is 44.5 cm³/mol. The summed E-state index contributed by atoms with van der Waals surface area (Å²) in [6, 6.07) is 1.38. The molecule has 62 valence electrons. The van der Waals surface area contributed by atoms with Gasteiger partial charge in [0, 0.05) is 6.07 Å². The maximum Gasteiger partial charge on any atom is 0.269 e. The van der Waals surface area contributed by atoms with Gasteiger partial charge in [-0.1, -0.05) is 0 Å². The van der Waals surface area contributed by atoms with Gasteiger partial charge in [-0.05, 0) is 20.8 Å². The highest BCUT2D eigenvalue weighted by molar-refractivity contribution is 5.24. The van der Waals surface area contributed by atoms with Crippen LogP contribution in [0.4, 0.5) is 5.82 Å². The number of anilines is 1. The Kier molecular flexibility index (Phi) is 1.55. The van der Waals surface area contributed by atoms with Crippen LogP contribution < -0.4 is 11.3 Å². The van der Waals surface area contributed by atoms with Crippen LogP contribution in [0.1, 0.15) is 20.8 Å². The molecule has 0 radical (unpaired) electrons. The lowest BCUT2D eigenvalue weighted by Crippen LogP contribution is -2.32. The van der Waals surface area contributed by atoms with Gasteiger partial charge < -0.3 is 5.73 Å². The first-order valence-corrected chi connectivity index (χ1v) is 3.49. The van der Waals surface area contributed by atoms with E-state index >= 15 is 0 Å². The molecule has 0 saturated carbocycles. The number of rotatable bonds is 0. The Morgan fingerprint density at radius 3 is 2.27 bits per heavy atom. The number of nitrogens with zero attached hydrogens (tertiary/aromatic N) is 1. The summed E-state index contributed by atoms with van der Waals surface area (Å²) in [4.78, 5) is 11.1. The number of nitrogen functional groups attached to an aromatic ring is 1. The van der Waals surface area contributed by atoms with Gasteiger partial charge in [0.05, 0.1) is 5.54 Å². The van der Waals surface area contributed by atoms with Crippen LogP contribution in [0.15, 0.2) is 10.9 Å². The maximum absolute atomic E-state index is 11.1. The smallest absolute Gasteiger partial charge is 0.269 e. The zero-order chi connectivity index (χ0) is 8.65. The van der Waals surface area contributed by atoms with Gasteiger partial charge in [0.15, 0.2) is 0 Å². The van der Waals surface area contributed by atoms with Crippen molar-refractivity contribution in [2.45, 2.75) is 26.3 Å². The van der Waals surface area contributed by atoms with Gasteiger partial charge in [-0.2, -0.15) is 0 Å². The number of nitrogens with one attached hydrogen (secondary N) is 1. The standard InChI is InChI=1S/C7H13N3O/c1-7(2,3)10-6(11)4-5(8)9-10/h4,9H,8H2,1-3H3. The largest absolute Gasteiger partial charge is 0.384 e. The van der Waals surface area contributed by atoms with Crippen molar-refractivity contribution in [3.8, 4) is 0 Å². The molecule has 4 nitrogen and oxygen atoms in total. The van der Waals surface area contributed by atoms with Gasteiger partial charge in [-0.15, -0.1) is 0 Å². The summed E-state index contributed by atoms with van der Waals surface area (Å²) in [7, 11) is 0. The van der Waals surface area contributed by atoms with E-state index in [2.05, 4.69) is 5.10 Å². The molecular weight excluding hydrogens is 142 g/mol. The monoisotopic (exact) mass is 155 g/mol. The van der Waals surface area contributed by atoms with Gasteiger partial charge in [0.25, 0.3) is 5.56 Å². The van der Waals surface area contributed by atoms with Crippen molar-refractivity contribution in [2.24, 2.45) is 0 Å². The van der Waals surface area contributed by atoms with E-state index in [4.69, 9.17) is 5.73 Å². The molecule has 0 aromatic carbocycles. The molecule has 0 bridgehead atoms. The quantitative estimate of drug-likeness (QED) is 0.573. The number of hydrogen-bond donors (Lipinski definition) is 2. The Morgan fingerprint density at radius 1 is 1.55 bits per heavy atom. The van der Waals surface area contributed by atoms with Crippen LogP contribution in [0, 0.1) is 0 Å². The number of H-pyrrole nitrogens is 1. The highest BCUT2D eigenvalue weighted by Crippen LogP contribution is 2.09. The van der Waals surface area contributed by atoms with E-state index < -0.39 is 0 Å². The zero-order valence-electron chi connectivity index (χ0n) is 7.01. The third kappa shape index (κ3) is 1.45. The van der Waals surface area contributed by atoms with Crippen molar-refractivity contribution >= 4 is 5.82 Å². The van der Waals surface area contributed by atoms with Crippen LogP contribution in [0.3, 0.4) is 0 Å². The molecule has 0 atom stereocenters. The number of aromatic nitrogens is 2. The number of hydrogen-bond acceptors (Lipinski definition) is 2. The van der Waals surface area contributed by atoms with Crippen LogP contribution in [-0.4, -0.2) is 9.78 Å². The average molecular weight is 155 g/mol. The van der Waals surface area contributed by atoms with Crippen molar-refractivity contribution < 1.29 is 0 Å². The molecule has 1 aromatic heterocycles. The van der Waals surface area contributed by atoms with E-state index in [9.17, 15) is 4.79 Å². The van der Waals surface area contributed by atoms with E-state index in [-0.39, 0.29) is 11.1 Å². The number of nitrogens with two attached hydrogens (primary N) is 1. The lowest BCUT2D eigenvalue weighted by Gasteiger charge is -2.18. The molecule has 0 fully saturated rings. The fourth-order valence-corrected chi connectivity index (χ4v) is 0.912. The van der Waals surface area contributed by atoms with E-state index in [1.165, 1.54) is 10.7 Å². The van der Waals surface area contributed by atoms with E-state index in [0.29, 0.717) is 5.82 Å². The lowest BCUT2D eigenvalue weighted by atomic mass is 10.1. The summed E-state index contributed by atoms with van der Waals surface area (Å²) >= 11 is 0. The fourth-order valence-electron chi connectivity index (χ4n) is 0.912. The van der Waals surface area contributed by atoms with Crippen molar-refractivity contribution in [1.29, 1.82) is 0 Å². The molecule has 0 unspecified atom stereocenters. The minimum Gasteiger partial charge on any atom is -0.384 e. The van der Waals surface area contributed by atoms with Gasteiger partial charge >= 0.3 is 0 Å². The summed E-state index contributed by atoms with van der Waals surface area (Å²) in [6.07, 6.45) is 0. The van der Waals surface area contributed by atoms with Gasteiger partial charge in [0.2, 0.25) is 0 Å². The van der Waals surface area contributed by atoms with Crippen LogP contribution >= 0.6 is 0 Å². The molecule has 1 aromatic rings. The molecule has 0 aliphatic heterocycles. The molecule has 0 aliphatic rings. The van der Waals surface area contributed by atoms with Crippen LogP contribution in [0.5, 0.6) is 0 Å². The van der Waals surface area contributed by atoms with Crippen LogP contribution in [0.2, 0.25) is 0 Å². The van der Waals surface area contributed by atoms with Crippen molar-refractivity contribution in [2.75, 3.05) is 5.73 Å². The van der Waals surface area contributed by atoms with Gasteiger partial charge in [-0.3, -0.25) is 9.89 Å². The second-order valence-electron chi connectivity index (χ2n) is 3.56. The molecular formula is C7H13N3O. The Labute approximate surface area is 65.0 Å².